The summed E-state index contributed by atoms with van der Waals surface area (Å²) in [5.74, 6) is 2.46. The molecule has 2 fully saturated rings. The van der Waals surface area contributed by atoms with E-state index in [0.717, 1.165) is 61.4 Å². The summed E-state index contributed by atoms with van der Waals surface area (Å²) >= 11 is 1.71. The molecule has 0 aliphatic carbocycles. The van der Waals surface area contributed by atoms with Gasteiger partial charge in [0.15, 0.2) is 16.6 Å². The molecule has 3 aromatic heterocycles. The van der Waals surface area contributed by atoms with E-state index in [2.05, 4.69) is 31.0 Å². The maximum atomic E-state index is 4.79. The maximum Gasteiger partial charge on any atom is 0.185 e. The van der Waals surface area contributed by atoms with E-state index in [1.54, 1.807) is 11.3 Å². The number of thiazole rings is 1. The van der Waals surface area contributed by atoms with Crippen molar-refractivity contribution >= 4 is 27.9 Å². The third-order valence-corrected chi connectivity index (χ3v) is 5.84. The largest absolute Gasteiger partial charge is 0.355 e. The lowest BCUT2D eigenvalue weighted by Crippen LogP contribution is -2.38. The quantitative estimate of drug-likeness (QED) is 0.728. The van der Waals surface area contributed by atoms with Crippen LogP contribution in [0.1, 0.15) is 31.0 Å². The molecule has 0 spiro atoms. The van der Waals surface area contributed by atoms with Gasteiger partial charge in [-0.1, -0.05) is 0 Å². The van der Waals surface area contributed by atoms with Gasteiger partial charge in [-0.15, -0.1) is 26.6 Å². The summed E-state index contributed by atoms with van der Waals surface area (Å²) in [4.78, 5) is 9.08. The molecular formula is C16H19N7S. The van der Waals surface area contributed by atoms with E-state index in [0.29, 0.717) is 5.92 Å². The van der Waals surface area contributed by atoms with Crippen LogP contribution < -0.4 is 9.80 Å². The molecule has 124 valence electrons. The second-order valence-corrected chi connectivity index (χ2v) is 7.31. The van der Waals surface area contributed by atoms with Crippen molar-refractivity contribution in [3.05, 3.63) is 29.5 Å². The van der Waals surface area contributed by atoms with Gasteiger partial charge < -0.3 is 9.80 Å². The van der Waals surface area contributed by atoms with Gasteiger partial charge in [0.05, 0.1) is 0 Å². The predicted octanol–water partition coefficient (Wildman–Crippen LogP) is 2.17. The van der Waals surface area contributed by atoms with E-state index in [1.807, 2.05) is 22.2 Å². The zero-order valence-electron chi connectivity index (χ0n) is 13.4. The summed E-state index contributed by atoms with van der Waals surface area (Å²) in [5.41, 5.74) is 0.844. The van der Waals surface area contributed by atoms with E-state index < -0.39 is 0 Å². The number of hydrogen-bond acceptors (Lipinski definition) is 7. The summed E-state index contributed by atoms with van der Waals surface area (Å²) in [5, 5.41) is 16.7. The monoisotopic (exact) mass is 341 g/mol. The second kappa shape index (κ2) is 5.70. The molecule has 2 aliphatic rings. The van der Waals surface area contributed by atoms with Gasteiger partial charge in [-0.2, -0.15) is 4.52 Å². The van der Waals surface area contributed by atoms with Crippen LogP contribution in [0, 0.1) is 0 Å². The normalized spacial score (nSPS) is 19.0. The minimum absolute atomic E-state index is 0.412. The molecule has 0 atom stereocenters. The number of aromatic nitrogens is 5. The van der Waals surface area contributed by atoms with E-state index in [9.17, 15) is 0 Å². The Bertz CT molecular complexity index is 831. The Morgan fingerprint density at radius 3 is 2.58 bits per heavy atom. The third-order valence-electron chi connectivity index (χ3n) is 5.00. The van der Waals surface area contributed by atoms with Crippen LogP contribution in [-0.2, 0) is 0 Å². The van der Waals surface area contributed by atoms with Crippen LogP contribution in [0.4, 0.5) is 10.9 Å². The van der Waals surface area contributed by atoms with Crippen molar-refractivity contribution in [2.45, 2.75) is 25.2 Å². The summed E-state index contributed by atoms with van der Waals surface area (Å²) < 4.78 is 1.96. The highest BCUT2D eigenvalue weighted by Crippen LogP contribution is 2.30. The highest BCUT2D eigenvalue weighted by molar-refractivity contribution is 7.13. The number of fused-ring (bicyclic) bond motifs is 1. The molecule has 2 saturated heterocycles. The van der Waals surface area contributed by atoms with Crippen LogP contribution in [0.2, 0.25) is 0 Å². The smallest absolute Gasteiger partial charge is 0.185 e. The van der Waals surface area contributed by atoms with Crippen LogP contribution in [0.15, 0.2) is 23.7 Å². The molecule has 0 saturated carbocycles. The maximum absolute atomic E-state index is 4.79. The van der Waals surface area contributed by atoms with Crippen LogP contribution in [0.3, 0.4) is 0 Å². The van der Waals surface area contributed by atoms with Gasteiger partial charge in [0.25, 0.3) is 0 Å². The first-order valence-electron chi connectivity index (χ1n) is 8.50. The number of nitrogens with zero attached hydrogens (tertiary/aromatic N) is 7. The molecule has 7 nitrogen and oxygen atoms in total. The number of piperidine rings is 1. The number of anilines is 2. The Labute approximate surface area is 143 Å². The average Bonchev–Trinajstić information content (AvgIpc) is 3.23. The molecular weight excluding hydrogens is 322 g/mol. The fourth-order valence-electron chi connectivity index (χ4n) is 3.47. The number of rotatable bonds is 3. The van der Waals surface area contributed by atoms with Crippen molar-refractivity contribution in [3.63, 3.8) is 0 Å². The molecule has 0 amide bonds. The standard InChI is InChI=1S/C16H19N7S/c1-7-21(8-1)14-3-2-13-18-19-15(23(13)20-14)12-4-9-22(10-5-12)16-17-6-11-24-16/h2-3,6,11-12H,1,4-5,7-10H2. The zero-order valence-corrected chi connectivity index (χ0v) is 14.2. The molecule has 0 aromatic carbocycles. The first-order chi connectivity index (χ1) is 11.9. The van der Waals surface area contributed by atoms with Gasteiger partial charge >= 0.3 is 0 Å². The fourth-order valence-corrected chi connectivity index (χ4v) is 4.16. The lowest BCUT2D eigenvalue weighted by molar-refractivity contribution is 0.476. The summed E-state index contributed by atoms with van der Waals surface area (Å²) in [7, 11) is 0. The molecule has 5 heterocycles. The topological polar surface area (TPSA) is 62.5 Å². The van der Waals surface area contributed by atoms with Crippen molar-refractivity contribution in [1.29, 1.82) is 0 Å². The van der Waals surface area contributed by atoms with Crippen molar-refractivity contribution in [1.82, 2.24) is 24.8 Å². The van der Waals surface area contributed by atoms with Gasteiger partial charge in [0.2, 0.25) is 0 Å². The molecule has 0 bridgehead atoms. The van der Waals surface area contributed by atoms with Crippen LogP contribution in [0.5, 0.6) is 0 Å². The SMILES string of the molecule is c1csc(N2CCC(c3nnc4ccc(N5CCC5)nn34)CC2)n1. The van der Waals surface area contributed by atoms with E-state index in [1.165, 1.54) is 6.42 Å². The second-order valence-electron chi connectivity index (χ2n) is 6.44. The summed E-state index contributed by atoms with van der Waals surface area (Å²) in [6.45, 7) is 4.22. The number of hydrogen-bond donors (Lipinski definition) is 0. The Kier molecular flexibility index (Phi) is 3.36. The van der Waals surface area contributed by atoms with E-state index in [4.69, 9.17) is 5.10 Å². The molecule has 0 N–H and O–H groups in total. The van der Waals surface area contributed by atoms with Gasteiger partial charge in [-0.3, -0.25) is 0 Å². The lowest BCUT2D eigenvalue weighted by atomic mass is 9.96. The van der Waals surface area contributed by atoms with Crippen molar-refractivity contribution in [2.75, 3.05) is 36.0 Å². The fraction of sp³-hybridized carbons (Fsp3) is 0.500. The molecule has 24 heavy (non-hydrogen) atoms. The van der Waals surface area contributed by atoms with Gasteiger partial charge in [-0.05, 0) is 31.4 Å². The zero-order chi connectivity index (χ0) is 15.9. The predicted molar refractivity (Wildman–Crippen MR) is 93.9 cm³/mol. The summed E-state index contributed by atoms with van der Waals surface area (Å²) in [6.07, 6.45) is 5.26. The summed E-state index contributed by atoms with van der Waals surface area (Å²) in [6, 6.07) is 4.08. The molecule has 2 aliphatic heterocycles. The average molecular weight is 341 g/mol. The van der Waals surface area contributed by atoms with Crippen LogP contribution in [-0.4, -0.2) is 51.0 Å². The minimum atomic E-state index is 0.412. The third kappa shape index (κ3) is 2.32. The van der Waals surface area contributed by atoms with Crippen molar-refractivity contribution in [3.8, 4) is 0 Å². The van der Waals surface area contributed by atoms with Crippen LogP contribution in [0.25, 0.3) is 5.65 Å². The van der Waals surface area contributed by atoms with Gasteiger partial charge in [0.1, 0.15) is 5.82 Å². The van der Waals surface area contributed by atoms with E-state index >= 15 is 0 Å². The molecule has 5 rings (SSSR count). The Morgan fingerprint density at radius 1 is 1.00 bits per heavy atom. The Hall–Kier alpha value is -2.22. The highest BCUT2D eigenvalue weighted by atomic mass is 32.1. The van der Waals surface area contributed by atoms with Crippen LogP contribution >= 0.6 is 11.3 Å². The molecule has 0 radical (unpaired) electrons. The minimum Gasteiger partial charge on any atom is -0.355 e. The van der Waals surface area contributed by atoms with Crippen molar-refractivity contribution < 1.29 is 0 Å². The molecule has 0 unspecified atom stereocenters. The first kappa shape index (κ1) is 14.2. The lowest BCUT2D eigenvalue weighted by Gasteiger charge is -2.32. The first-order valence-corrected chi connectivity index (χ1v) is 9.38. The molecule has 3 aromatic rings. The van der Waals surface area contributed by atoms with E-state index in [-0.39, 0.29) is 0 Å². The molecule has 8 heteroatoms. The van der Waals surface area contributed by atoms with Crippen molar-refractivity contribution in [2.24, 2.45) is 0 Å². The van der Waals surface area contributed by atoms with Gasteiger partial charge in [-0.25, -0.2) is 4.98 Å². The van der Waals surface area contributed by atoms with Gasteiger partial charge in [0, 0.05) is 43.7 Å². The highest BCUT2D eigenvalue weighted by Gasteiger charge is 2.26. The Morgan fingerprint density at radius 2 is 1.88 bits per heavy atom. The Balaban J connectivity index is 1.38.